The van der Waals surface area contributed by atoms with Gasteiger partial charge in [-0.05, 0) is 25.4 Å². The second-order valence-electron chi connectivity index (χ2n) is 3.36. The van der Waals surface area contributed by atoms with Crippen LogP contribution in [-0.2, 0) is 0 Å². The van der Waals surface area contributed by atoms with Crippen LogP contribution in [0.15, 0.2) is 0 Å². The smallest absolute Gasteiger partial charge is 0.234 e. The number of fused-ring (bicyclic) bond motifs is 1. The van der Waals surface area contributed by atoms with Gasteiger partial charge in [-0.25, -0.2) is 0 Å². The number of rotatable bonds is 1. The highest BCUT2D eigenvalue weighted by Gasteiger charge is 2.16. The lowest BCUT2D eigenvalue weighted by molar-refractivity contribution is 0.897. The lowest BCUT2D eigenvalue weighted by Crippen LogP contribution is -1.90. The molecule has 0 bridgehead atoms. The second-order valence-corrected chi connectivity index (χ2v) is 5.12. The standard InChI is InChI=1S/C8H8N6S2/c1-3-5(6(9)16-13-3)7-12-14-4(2)10-11-8(14)15-7/h9H2,1-2H3. The van der Waals surface area contributed by atoms with Crippen molar-refractivity contribution in [3.05, 3.63) is 11.5 Å². The van der Waals surface area contributed by atoms with E-state index in [0.29, 0.717) is 5.00 Å². The van der Waals surface area contributed by atoms with Crippen LogP contribution in [0.2, 0.25) is 0 Å². The second kappa shape index (κ2) is 3.22. The molecule has 0 saturated heterocycles. The molecule has 0 atom stereocenters. The Morgan fingerprint density at radius 1 is 1.25 bits per heavy atom. The lowest BCUT2D eigenvalue weighted by Gasteiger charge is -1.93. The summed E-state index contributed by atoms with van der Waals surface area (Å²) >= 11 is 2.76. The van der Waals surface area contributed by atoms with Crippen LogP contribution in [0.25, 0.3) is 15.5 Å². The van der Waals surface area contributed by atoms with Gasteiger partial charge in [0.2, 0.25) is 4.96 Å². The van der Waals surface area contributed by atoms with Gasteiger partial charge in [-0.3, -0.25) is 0 Å². The van der Waals surface area contributed by atoms with Crippen molar-refractivity contribution in [1.82, 2.24) is 24.2 Å². The van der Waals surface area contributed by atoms with Crippen LogP contribution >= 0.6 is 22.9 Å². The molecule has 16 heavy (non-hydrogen) atoms. The Kier molecular flexibility index (Phi) is 1.95. The van der Waals surface area contributed by atoms with Crippen molar-refractivity contribution in [2.24, 2.45) is 0 Å². The summed E-state index contributed by atoms with van der Waals surface area (Å²) in [6.45, 7) is 3.79. The number of aromatic nitrogens is 5. The highest BCUT2D eigenvalue weighted by atomic mass is 32.1. The monoisotopic (exact) mass is 252 g/mol. The van der Waals surface area contributed by atoms with E-state index in [1.54, 1.807) is 4.52 Å². The summed E-state index contributed by atoms with van der Waals surface area (Å²) in [5, 5.41) is 13.9. The third kappa shape index (κ3) is 1.23. The summed E-state index contributed by atoms with van der Waals surface area (Å²) in [5.41, 5.74) is 7.70. The molecule has 0 saturated carbocycles. The molecule has 3 aromatic rings. The van der Waals surface area contributed by atoms with E-state index < -0.39 is 0 Å². The fourth-order valence-corrected chi connectivity index (χ4v) is 3.19. The van der Waals surface area contributed by atoms with Crippen LogP contribution < -0.4 is 5.73 Å². The summed E-state index contributed by atoms with van der Waals surface area (Å²) in [4.78, 5) is 0.775. The highest BCUT2D eigenvalue weighted by molar-refractivity contribution is 7.20. The molecule has 3 heterocycles. The molecular weight excluding hydrogens is 244 g/mol. The first kappa shape index (κ1) is 9.67. The number of aryl methyl sites for hydroxylation is 2. The van der Waals surface area contributed by atoms with Gasteiger partial charge in [0, 0.05) is 0 Å². The largest absolute Gasteiger partial charge is 0.389 e. The first-order valence-electron chi connectivity index (χ1n) is 4.58. The maximum atomic E-state index is 5.88. The molecule has 0 aliphatic carbocycles. The van der Waals surface area contributed by atoms with E-state index in [1.807, 2.05) is 13.8 Å². The quantitative estimate of drug-likeness (QED) is 0.710. The van der Waals surface area contributed by atoms with Crippen LogP contribution in [0.4, 0.5) is 5.00 Å². The Hall–Kier alpha value is -1.54. The number of nitrogen functional groups attached to an aromatic ring is 1. The van der Waals surface area contributed by atoms with E-state index in [0.717, 1.165) is 27.1 Å². The minimum atomic E-state index is 0.695. The number of anilines is 1. The van der Waals surface area contributed by atoms with Gasteiger partial charge in [-0.15, -0.1) is 10.2 Å². The SMILES string of the molecule is Cc1nsc(N)c1-c1nn2c(C)nnc2s1. The van der Waals surface area contributed by atoms with Gasteiger partial charge in [0.1, 0.15) is 5.00 Å². The predicted molar refractivity (Wildman–Crippen MR) is 63.7 cm³/mol. The zero-order chi connectivity index (χ0) is 11.3. The third-order valence-corrected chi connectivity index (χ3v) is 3.93. The zero-order valence-electron chi connectivity index (χ0n) is 8.63. The van der Waals surface area contributed by atoms with Gasteiger partial charge in [0.25, 0.3) is 0 Å². The van der Waals surface area contributed by atoms with E-state index >= 15 is 0 Å². The highest BCUT2D eigenvalue weighted by Crippen LogP contribution is 2.34. The number of hydrogen-bond donors (Lipinski definition) is 1. The molecule has 0 spiro atoms. The summed E-state index contributed by atoms with van der Waals surface area (Å²) in [6.07, 6.45) is 0. The predicted octanol–water partition coefficient (Wildman–Crippen LogP) is 1.51. The van der Waals surface area contributed by atoms with Gasteiger partial charge in [0.05, 0.1) is 11.3 Å². The van der Waals surface area contributed by atoms with Gasteiger partial charge >= 0.3 is 0 Å². The first-order chi connectivity index (χ1) is 7.66. The molecule has 2 N–H and O–H groups in total. The van der Waals surface area contributed by atoms with E-state index in [4.69, 9.17) is 5.73 Å². The number of hydrogen-bond acceptors (Lipinski definition) is 7. The molecule has 3 aromatic heterocycles. The lowest BCUT2D eigenvalue weighted by atomic mass is 10.3. The van der Waals surface area contributed by atoms with Crippen molar-refractivity contribution >= 4 is 32.8 Å². The van der Waals surface area contributed by atoms with Crippen molar-refractivity contribution in [3.63, 3.8) is 0 Å². The van der Waals surface area contributed by atoms with Crippen molar-refractivity contribution in [1.29, 1.82) is 0 Å². The molecular formula is C8H8N6S2. The number of nitrogens with two attached hydrogens (primary N) is 1. The van der Waals surface area contributed by atoms with Crippen molar-refractivity contribution in [2.45, 2.75) is 13.8 Å². The fourth-order valence-electron chi connectivity index (χ4n) is 1.46. The van der Waals surface area contributed by atoms with E-state index in [2.05, 4.69) is 19.7 Å². The van der Waals surface area contributed by atoms with Crippen molar-refractivity contribution in [3.8, 4) is 10.6 Å². The molecule has 3 rings (SSSR count). The van der Waals surface area contributed by atoms with Crippen LogP contribution in [0.5, 0.6) is 0 Å². The Morgan fingerprint density at radius 3 is 2.69 bits per heavy atom. The average Bonchev–Trinajstić information content (AvgIpc) is 2.86. The Morgan fingerprint density at radius 2 is 2.06 bits per heavy atom. The van der Waals surface area contributed by atoms with E-state index in [-0.39, 0.29) is 0 Å². The number of nitrogens with zero attached hydrogens (tertiary/aromatic N) is 5. The van der Waals surface area contributed by atoms with Crippen LogP contribution in [0.1, 0.15) is 11.5 Å². The Labute approximate surface area is 98.9 Å². The maximum absolute atomic E-state index is 5.88. The maximum Gasteiger partial charge on any atom is 0.234 e. The zero-order valence-corrected chi connectivity index (χ0v) is 10.3. The average molecular weight is 252 g/mol. The molecule has 0 radical (unpaired) electrons. The van der Waals surface area contributed by atoms with Gasteiger partial charge in [-0.2, -0.15) is 14.0 Å². The third-order valence-electron chi connectivity index (χ3n) is 2.25. The molecule has 0 aromatic carbocycles. The molecule has 8 heteroatoms. The van der Waals surface area contributed by atoms with E-state index in [1.165, 1.54) is 22.9 Å². The Balaban J connectivity index is 2.26. The van der Waals surface area contributed by atoms with Crippen molar-refractivity contribution < 1.29 is 0 Å². The van der Waals surface area contributed by atoms with Gasteiger partial charge in [0.15, 0.2) is 10.8 Å². The van der Waals surface area contributed by atoms with Crippen LogP contribution in [0.3, 0.4) is 0 Å². The molecule has 6 nitrogen and oxygen atoms in total. The summed E-state index contributed by atoms with van der Waals surface area (Å²) in [5.74, 6) is 0.775. The molecule has 0 aliphatic rings. The molecule has 0 unspecified atom stereocenters. The fraction of sp³-hybridized carbons (Fsp3) is 0.250. The molecule has 0 aliphatic heterocycles. The summed E-state index contributed by atoms with van der Waals surface area (Å²) in [6, 6.07) is 0. The Bertz CT molecular complexity index is 644. The molecule has 82 valence electrons. The summed E-state index contributed by atoms with van der Waals surface area (Å²) < 4.78 is 5.93. The minimum Gasteiger partial charge on any atom is -0.389 e. The van der Waals surface area contributed by atoms with E-state index in [9.17, 15) is 0 Å². The van der Waals surface area contributed by atoms with Gasteiger partial charge < -0.3 is 5.73 Å². The summed E-state index contributed by atoms with van der Waals surface area (Å²) in [7, 11) is 0. The normalized spacial score (nSPS) is 11.4. The molecule has 0 amide bonds. The van der Waals surface area contributed by atoms with Crippen LogP contribution in [-0.4, -0.2) is 24.2 Å². The first-order valence-corrected chi connectivity index (χ1v) is 6.17. The topological polar surface area (TPSA) is 82.0 Å². The molecule has 0 fully saturated rings. The van der Waals surface area contributed by atoms with Crippen molar-refractivity contribution in [2.75, 3.05) is 5.73 Å². The van der Waals surface area contributed by atoms with Gasteiger partial charge in [-0.1, -0.05) is 11.3 Å². The minimum absolute atomic E-state index is 0.695. The van der Waals surface area contributed by atoms with Crippen LogP contribution in [0, 0.1) is 13.8 Å².